The van der Waals surface area contributed by atoms with Gasteiger partial charge in [0.05, 0.1) is 24.9 Å². The van der Waals surface area contributed by atoms with Gasteiger partial charge in [-0.05, 0) is 93.5 Å². The average Bonchev–Trinajstić information content (AvgIpc) is 2.84. The van der Waals surface area contributed by atoms with Gasteiger partial charge in [0.1, 0.15) is 29.5 Å². The molecule has 3 unspecified atom stereocenters. The minimum atomic E-state index is -0.875. The molecule has 4 N–H and O–H groups in total. The molecule has 2 aromatic rings. The van der Waals surface area contributed by atoms with E-state index in [0.29, 0.717) is 26.2 Å². The normalized spacial score (nSPS) is 27.4. The number of ether oxygens (including phenoxy) is 4. The van der Waals surface area contributed by atoms with Crippen molar-refractivity contribution >= 4 is 0 Å². The van der Waals surface area contributed by atoms with Crippen molar-refractivity contribution in [2.75, 3.05) is 19.8 Å². The monoisotopic (exact) mass is 471 g/mol. The summed E-state index contributed by atoms with van der Waals surface area (Å²) in [6.07, 6.45) is 3.18. The van der Waals surface area contributed by atoms with Crippen LogP contribution >= 0.6 is 0 Å². The van der Waals surface area contributed by atoms with E-state index in [2.05, 4.69) is 12.1 Å². The lowest BCUT2D eigenvalue weighted by Crippen LogP contribution is -2.47. The van der Waals surface area contributed by atoms with Gasteiger partial charge in [0.15, 0.2) is 0 Å². The second-order valence-corrected chi connectivity index (χ2v) is 9.32. The number of rotatable bonds is 9. The van der Waals surface area contributed by atoms with E-state index in [4.69, 9.17) is 24.7 Å². The second kappa shape index (κ2) is 12.0. The number of hydrogen-bond acceptors (Lipinski definition) is 7. The van der Waals surface area contributed by atoms with E-state index in [-0.39, 0.29) is 12.2 Å². The Morgan fingerprint density at radius 2 is 1.65 bits per heavy atom. The highest BCUT2D eigenvalue weighted by Gasteiger charge is 2.32. The van der Waals surface area contributed by atoms with Crippen LogP contribution in [0.3, 0.4) is 0 Å². The number of benzene rings is 2. The van der Waals surface area contributed by atoms with Crippen molar-refractivity contribution in [2.24, 2.45) is 5.73 Å². The van der Waals surface area contributed by atoms with E-state index in [0.717, 1.165) is 54.9 Å². The lowest BCUT2D eigenvalue weighted by atomic mass is 9.94. The number of hydrogen-bond donors (Lipinski definition) is 3. The number of aliphatic hydroxyl groups is 2. The fourth-order valence-electron chi connectivity index (χ4n) is 4.61. The molecule has 0 radical (unpaired) electrons. The Bertz CT molecular complexity index is 896. The van der Waals surface area contributed by atoms with Crippen molar-refractivity contribution in [3.8, 4) is 17.2 Å². The molecule has 0 spiro atoms. The van der Waals surface area contributed by atoms with Crippen molar-refractivity contribution < 1.29 is 29.2 Å². The van der Waals surface area contributed by atoms with Crippen LogP contribution in [0.25, 0.3) is 0 Å². The molecule has 2 fully saturated rings. The minimum Gasteiger partial charge on any atom is -0.490 e. The summed E-state index contributed by atoms with van der Waals surface area (Å²) in [4.78, 5) is 0. The van der Waals surface area contributed by atoms with Gasteiger partial charge in [0.25, 0.3) is 0 Å². The van der Waals surface area contributed by atoms with Crippen molar-refractivity contribution in [3.63, 3.8) is 0 Å². The predicted octanol–water partition coefficient (Wildman–Crippen LogP) is 3.51. The Balaban J connectivity index is 1.20. The third-order valence-electron chi connectivity index (χ3n) is 6.66. The molecule has 1 aliphatic carbocycles. The van der Waals surface area contributed by atoms with Crippen LogP contribution in [-0.2, 0) is 15.9 Å². The lowest BCUT2D eigenvalue weighted by molar-refractivity contribution is -0.164. The van der Waals surface area contributed by atoms with Gasteiger partial charge in [-0.15, -0.1) is 0 Å². The fourth-order valence-corrected chi connectivity index (χ4v) is 4.61. The van der Waals surface area contributed by atoms with Crippen LogP contribution in [-0.4, -0.2) is 60.5 Å². The van der Waals surface area contributed by atoms with Gasteiger partial charge in [0.2, 0.25) is 0 Å². The minimum absolute atomic E-state index is 0.130. The molecule has 3 atom stereocenters. The van der Waals surface area contributed by atoms with Crippen LogP contribution in [0.2, 0.25) is 0 Å². The fraction of sp³-hybridized carbons (Fsp3) is 0.556. The molecule has 1 aliphatic heterocycles. The van der Waals surface area contributed by atoms with Gasteiger partial charge in [-0.1, -0.05) is 12.1 Å². The molecule has 7 heteroatoms. The zero-order valence-corrected chi connectivity index (χ0v) is 19.9. The number of nitrogens with two attached hydrogens (primary N) is 1. The van der Waals surface area contributed by atoms with Gasteiger partial charge in [0, 0.05) is 6.61 Å². The Labute approximate surface area is 201 Å². The SMILES string of the molecule is Cc1cc(CCN)ccc1Oc1ccc(OC2CCC(OCC3OCCC(O)C3O)CC2)cc1. The molecule has 1 heterocycles. The molecule has 2 aliphatic rings. The molecule has 0 amide bonds. The van der Waals surface area contributed by atoms with Crippen LogP contribution in [0.4, 0.5) is 0 Å². The maximum atomic E-state index is 10.0. The van der Waals surface area contributed by atoms with Crippen LogP contribution in [0.5, 0.6) is 17.2 Å². The summed E-state index contributed by atoms with van der Waals surface area (Å²) < 4.78 is 23.7. The molecule has 4 rings (SSSR count). The lowest BCUT2D eigenvalue weighted by Gasteiger charge is -2.34. The van der Waals surface area contributed by atoms with E-state index < -0.39 is 18.3 Å². The summed E-state index contributed by atoms with van der Waals surface area (Å²) in [5.41, 5.74) is 7.95. The molecule has 186 valence electrons. The van der Waals surface area contributed by atoms with Crippen molar-refractivity contribution in [2.45, 2.75) is 76.0 Å². The Morgan fingerprint density at radius 1 is 0.941 bits per heavy atom. The smallest absolute Gasteiger partial charge is 0.130 e. The highest BCUT2D eigenvalue weighted by atomic mass is 16.6. The van der Waals surface area contributed by atoms with Crippen molar-refractivity contribution in [3.05, 3.63) is 53.6 Å². The zero-order chi connectivity index (χ0) is 23.9. The Kier molecular flexibility index (Phi) is 8.80. The Hall–Kier alpha value is -2.16. The molecule has 0 bridgehead atoms. The largest absolute Gasteiger partial charge is 0.490 e. The number of aliphatic hydroxyl groups excluding tert-OH is 2. The van der Waals surface area contributed by atoms with Gasteiger partial charge in [-0.2, -0.15) is 0 Å². The highest BCUT2D eigenvalue weighted by molar-refractivity contribution is 5.41. The van der Waals surface area contributed by atoms with Gasteiger partial charge >= 0.3 is 0 Å². The molecule has 7 nitrogen and oxygen atoms in total. The summed E-state index contributed by atoms with van der Waals surface area (Å²) in [6, 6.07) is 13.9. The van der Waals surface area contributed by atoms with Crippen LogP contribution < -0.4 is 15.2 Å². The summed E-state index contributed by atoms with van der Waals surface area (Å²) in [5, 5.41) is 19.8. The van der Waals surface area contributed by atoms with Crippen molar-refractivity contribution in [1.29, 1.82) is 0 Å². The summed E-state index contributed by atoms with van der Waals surface area (Å²) in [5.74, 6) is 2.45. The maximum Gasteiger partial charge on any atom is 0.130 e. The van der Waals surface area contributed by atoms with E-state index in [9.17, 15) is 10.2 Å². The van der Waals surface area contributed by atoms with Gasteiger partial charge in [-0.3, -0.25) is 0 Å². The van der Waals surface area contributed by atoms with E-state index >= 15 is 0 Å². The first-order valence-electron chi connectivity index (χ1n) is 12.4. The maximum absolute atomic E-state index is 10.0. The average molecular weight is 472 g/mol. The molecule has 34 heavy (non-hydrogen) atoms. The van der Waals surface area contributed by atoms with Crippen molar-refractivity contribution in [1.82, 2.24) is 0 Å². The van der Waals surface area contributed by atoms with Gasteiger partial charge in [-0.25, -0.2) is 0 Å². The standard InChI is InChI=1S/C27H37NO6/c1-18-16-19(12-14-28)2-11-25(18)34-23-9-7-22(8-10-23)33-21-5-3-20(4-6-21)32-17-26-27(30)24(29)13-15-31-26/h2,7-11,16,20-21,24,26-27,29-30H,3-6,12-15,17,28H2,1H3. The van der Waals surface area contributed by atoms with Crippen LogP contribution in [0.1, 0.15) is 43.2 Å². The quantitative estimate of drug-likeness (QED) is 0.514. The van der Waals surface area contributed by atoms with E-state index in [1.54, 1.807) is 0 Å². The summed E-state index contributed by atoms with van der Waals surface area (Å²) in [6.45, 7) is 3.45. The zero-order valence-electron chi connectivity index (χ0n) is 19.9. The van der Waals surface area contributed by atoms with E-state index in [1.807, 2.05) is 37.3 Å². The summed E-state index contributed by atoms with van der Waals surface area (Å²) >= 11 is 0. The van der Waals surface area contributed by atoms with Gasteiger partial charge < -0.3 is 34.9 Å². The first kappa shape index (κ1) is 24.9. The topological polar surface area (TPSA) is 103 Å². The molecular weight excluding hydrogens is 434 g/mol. The molecular formula is C27H37NO6. The first-order chi connectivity index (χ1) is 16.5. The molecule has 0 aromatic heterocycles. The first-order valence-corrected chi connectivity index (χ1v) is 12.4. The Morgan fingerprint density at radius 3 is 2.35 bits per heavy atom. The molecule has 2 aromatic carbocycles. The molecule has 1 saturated heterocycles. The predicted molar refractivity (Wildman–Crippen MR) is 129 cm³/mol. The second-order valence-electron chi connectivity index (χ2n) is 9.32. The summed E-state index contributed by atoms with van der Waals surface area (Å²) in [7, 11) is 0. The number of aryl methyl sites for hydroxylation is 1. The van der Waals surface area contributed by atoms with E-state index in [1.165, 1.54) is 5.56 Å². The van der Waals surface area contributed by atoms with Crippen LogP contribution in [0.15, 0.2) is 42.5 Å². The third-order valence-corrected chi connectivity index (χ3v) is 6.66. The molecule has 1 saturated carbocycles. The third kappa shape index (κ3) is 6.71. The van der Waals surface area contributed by atoms with Crippen LogP contribution in [0, 0.1) is 6.92 Å². The highest BCUT2D eigenvalue weighted by Crippen LogP contribution is 2.30.